The predicted octanol–water partition coefficient (Wildman–Crippen LogP) is 3.36. The SMILES string of the molecule is C#C.CC(c1cccc(F)c1)n1c(N)c(/C=N\CN2CC=Nc3ccccc32)[nH]c1=O. The monoisotopic (exact) mass is 418 g/mol. The molecule has 0 aliphatic carbocycles. The quantitative estimate of drug-likeness (QED) is 0.492. The van der Waals surface area contributed by atoms with E-state index in [4.69, 9.17) is 5.73 Å². The molecule has 0 spiro atoms. The van der Waals surface area contributed by atoms with Gasteiger partial charge >= 0.3 is 5.69 Å². The first-order valence-corrected chi connectivity index (χ1v) is 9.59. The molecule has 158 valence electrons. The summed E-state index contributed by atoms with van der Waals surface area (Å²) < 4.78 is 14.9. The Labute approximate surface area is 179 Å². The number of benzene rings is 2. The van der Waals surface area contributed by atoms with Gasteiger partial charge in [0.2, 0.25) is 0 Å². The summed E-state index contributed by atoms with van der Waals surface area (Å²) in [7, 11) is 0. The van der Waals surface area contributed by atoms with Gasteiger partial charge in [0.05, 0.1) is 30.2 Å². The van der Waals surface area contributed by atoms with Crippen molar-refractivity contribution in [1.29, 1.82) is 0 Å². The van der Waals surface area contributed by atoms with Crippen LogP contribution in [0.5, 0.6) is 0 Å². The van der Waals surface area contributed by atoms with Crippen LogP contribution in [-0.2, 0) is 0 Å². The van der Waals surface area contributed by atoms with Gasteiger partial charge in [-0.2, -0.15) is 0 Å². The van der Waals surface area contributed by atoms with E-state index in [0.717, 1.165) is 11.4 Å². The summed E-state index contributed by atoms with van der Waals surface area (Å²) >= 11 is 0. The van der Waals surface area contributed by atoms with Gasteiger partial charge in [-0.05, 0) is 36.8 Å². The Hall–Kier alpha value is -4.12. The Balaban J connectivity index is 0.00000132. The molecule has 2 aromatic carbocycles. The van der Waals surface area contributed by atoms with E-state index >= 15 is 0 Å². The summed E-state index contributed by atoms with van der Waals surface area (Å²) in [6.07, 6.45) is 11.4. The number of hydrogen-bond donors (Lipinski definition) is 2. The number of aromatic amines is 1. The van der Waals surface area contributed by atoms with Gasteiger partial charge in [0.15, 0.2) is 0 Å². The second-order valence-corrected chi connectivity index (χ2v) is 6.81. The van der Waals surface area contributed by atoms with E-state index < -0.39 is 6.04 Å². The molecule has 3 N–H and O–H groups in total. The number of nitrogen functional groups attached to an aromatic ring is 1. The first-order chi connectivity index (χ1) is 15.0. The zero-order valence-corrected chi connectivity index (χ0v) is 17.1. The minimum atomic E-state index is -0.415. The predicted molar refractivity (Wildman–Crippen MR) is 124 cm³/mol. The van der Waals surface area contributed by atoms with E-state index in [1.807, 2.05) is 30.5 Å². The largest absolute Gasteiger partial charge is 0.383 e. The number of rotatable bonds is 5. The number of imidazole rings is 1. The molecule has 1 aliphatic heterocycles. The van der Waals surface area contributed by atoms with Crippen LogP contribution < -0.4 is 16.3 Å². The highest BCUT2D eigenvalue weighted by molar-refractivity contribution is 5.84. The maximum atomic E-state index is 13.5. The number of nitrogens with zero attached hydrogens (tertiary/aromatic N) is 4. The van der Waals surface area contributed by atoms with Gasteiger partial charge in [0.1, 0.15) is 24.0 Å². The van der Waals surface area contributed by atoms with Gasteiger partial charge in [-0.1, -0.05) is 24.3 Å². The van der Waals surface area contributed by atoms with E-state index in [1.54, 1.807) is 25.3 Å². The first-order valence-electron chi connectivity index (χ1n) is 9.59. The number of nitrogens with two attached hydrogens (primary N) is 1. The molecule has 0 saturated carbocycles. The van der Waals surface area contributed by atoms with Crippen LogP contribution in [-0.4, -0.2) is 35.2 Å². The average Bonchev–Trinajstić information content (AvgIpc) is 3.07. The Kier molecular flexibility index (Phi) is 6.67. The van der Waals surface area contributed by atoms with Crippen molar-refractivity contribution in [2.24, 2.45) is 9.98 Å². The standard InChI is InChI=1S/C21H21FN6O.C2H2/c1-14(15-5-4-6-16(22)11-15)28-20(23)18(26-21(28)29)12-24-13-27-10-9-25-17-7-2-3-8-19(17)27;1-2/h2-9,11-12,14H,10,13,23H2,1H3,(H,26,29);1-2H/b24-12-;. The van der Waals surface area contributed by atoms with Crippen LogP contribution in [0, 0.1) is 18.7 Å². The highest BCUT2D eigenvalue weighted by Crippen LogP contribution is 2.30. The lowest BCUT2D eigenvalue weighted by atomic mass is 10.1. The normalized spacial score (nSPS) is 13.5. The summed E-state index contributed by atoms with van der Waals surface area (Å²) in [5.41, 5.74) is 8.81. The van der Waals surface area contributed by atoms with Crippen molar-refractivity contribution in [1.82, 2.24) is 9.55 Å². The van der Waals surface area contributed by atoms with Crippen LogP contribution in [0.1, 0.15) is 24.2 Å². The Morgan fingerprint density at radius 3 is 2.84 bits per heavy atom. The summed E-state index contributed by atoms with van der Waals surface area (Å²) in [5.74, 6) is -0.0974. The molecule has 1 atom stereocenters. The average molecular weight is 418 g/mol. The number of aliphatic imine (C=N–C) groups is 2. The lowest BCUT2D eigenvalue weighted by molar-refractivity contribution is 0.598. The Bertz CT molecular complexity index is 1190. The summed E-state index contributed by atoms with van der Waals surface area (Å²) in [6, 6.07) is 13.6. The van der Waals surface area contributed by atoms with Crippen LogP contribution in [0.4, 0.5) is 21.6 Å². The number of aromatic nitrogens is 2. The minimum absolute atomic E-state index is 0.260. The summed E-state index contributed by atoms with van der Waals surface area (Å²) in [6.45, 7) is 2.85. The van der Waals surface area contributed by atoms with E-state index in [9.17, 15) is 9.18 Å². The number of H-pyrrole nitrogens is 1. The number of halogens is 1. The van der Waals surface area contributed by atoms with Crippen molar-refractivity contribution in [2.75, 3.05) is 23.8 Å². The van der Waals surface area contributed by atoms with Crippen LogP contribution in [0.2, 0.25) is 0 Å². The van der Waals surface area contributed by atoms with Crippen molar-refractivity contribution in [3.05, 3.63) is 76.1 Å². The maximum Gasteiger partial charge on any atom is 0.328 e. The molecule has 0 bridgehead atoms. The third-order valence-electron chi connectivity index (χ3n) is 4.94. The van der Waals surface area contributed by atoms with Crippen LogP contribution in [0.3, 0.4) is 0 Å². The Morgan fingerprint density at radius 1 is 1.29 bits per heavy atom. The lowest BCUT2D eigenvalue weighted by Gasteiger charge is -2.25. The van der Waals surface area contributed by atoms with Crippen molar-refractivity contribution in [2.45, 2.75) is 13.0 Å². The Morgan fingerprint density at radius 2 is 2.06 bits per heavy atom. The molecular formula is C23H23FN6O. The fourth-order valence-electron chi connectivity index (χ4n) is 3.42. The molecule has 0 radical (unpaired) electrons. The topological polar surface area (TPSA) is 91.8 Å². The molecule has 4 rings (SSSR count). The van der Waals surface area contributed by atoms with Crippen molar-refractivity contribution in [3.8, 4) is 12.8 Å². The zero-order chi connectivity index (χ0) is 22.4. The van der Waals surface area contributed by atoms with Gasteiger partial charge in [0, 0.05) is 6.21 Å². The smallest absolute Gasteiger partial charge is 0.328 e. The third-order valence-corrected chi connectivity index (χ3v) is 4.94. The third kappa shape index (κ3) is 4.56. The molecular weight excluding hydrogens is 395 g/mol. The van der Waals surface area contributed by atoms with Crippen molar-refractivity contribution in [3.63, 3.8) is 0 Å². The molecule has 1 aliphatic rings. The van der Waals surface area contributed by atoms with E-state index in [2.05, 4.69) is 32.7 Å². The number of hydrogen-bond acceptors (Lipinski definition) is 5. The van der Waals surface area contributed by atoms with Gasteiger partial charge in [-0.3, -0.25) is 14.6 Å². The molecule has 1 aromatic heterocycles. The number of fused-ring (bicyclic) bond motifs is 1. The minimum Gasteiger partial charge on any atom is -0.383 e. The highest BCUT2D eigenvalue weighted by Gasteiger charge is 2.18. The van der Waals surface area contributed by atoms with E-state index in [1.165, 1.54) is 16.7 Å². The molecule has 0 fully saturated rings. The summed E-state index contributed by atoms with van der Waals surface area (Å²) in [4.78, 5) is 26.1. The number of para-hydroxylation sites is 2. The van der Waals surface area contributed by atoms with Gasteiger partial charge in [0.25, 0.3) is 0 Å². The van der Waals surface area contributed by atoms with Crippen LogP contribution in [0.15, 0.2) is 63.3 Å². The van der Waals surface area contributed by atoms with Crippen LogP contribution >= 0.6 is 0 Å². The van der Waals surface area contributed by atoms with Gasteiger partial charge in [-0.25, -0.2) is 9.18 Å². The fraction of sp³-hybridized carbons (Fsp3) is 0.174. The molecule has 7 nitrogen and oxygen atoms in total. The summed E-state index contributed by atoms with van der Waals surface area (Å²) in [5, 5.41) is 0. The van der Waals surface area contributed by atoms with Crippen molar-refractivity contribution < 1.29 is 4.39 Å². The zero-order valence-electron chi connectivity index (χ0n) is 17.1. The molecule has 2 heterocycles. The van der Waals surface area contributed by atoms with Gasteiger partial charge in [-0.15, -0.1) is 12.8 Å². The molecule has 0 amide bonds. The molecule has 8 heteroatoms. The molecule has 31 heavy (non-hydrogen) atoms. The van der Waals surface area contributed by atoms with E-state index in [0.29, 0.717) is 24.5 Å². The number of nitrogens with one attached hydrogen (secondary N) is 1. The first kappa shape index (κ1) is 21.6. The van der Waals surface area contributed by atoms with E-state index in [-0.39, 0.29) is 17.3 Å². The number of anilines is 2. The fourth-order valence-corrected chi connectivity index (χ4v) is 3.42. The number of terminal acetylenes is 1. The lowest BCUT2D eigenvalue weighted by Crippen LogP contribution is -2.27. The second kappa shape index (κ2) is 9.59. The van der Waals surface area contributed by atoms with Crippen molar-refractivity contribution >= 4 is 29.6 Å². The highest BCUT2D eigenvalue weighted by atomic mass is 19.1. The molecule has 3 aromatic rings. The molecule has 0 saturated heterocycles. The maximum absolute atomic E-state index is 13.5. The second-order valence-electron chi connectivity index (χ2n) is 6.81. The van der Waals surface area contributed by atoms with Gasteiger partial charge < -0.3 is 15.6 Å². The molecule has 1 unspecified atom stereocenters. The van der Waals surface area contributed by atoms with Crippen LogP contribution in [0.25, 0.3) is 0 Å².